The molecule has 1 atom stereocenters. The van der Waals surface area contributed by atoms with E-state index < -0.39 is 10.8 Å². The van der Waals surface area contributed by atoms with E-state index in [1.807, 2.05) is 0 Å². The van der Waals surface area contributed by atoms with E-state index in [9.17, 15) is 0 Å². The van der Waals surface area contributed by atoms with Crippen LogP contribution in [0.5, 0.6) is 0 Å². The van der Waals surface area contributed by atoms with Crippen molar-refractivity contribution in [3.63, 3.8) is 0 Å². The number of hydrogen-bond donors (Lipinski definition) is 0. The second kappa shape index (κ2) is 16.2. The van der Waals surface area contributed by atoms with Gasteiger partial charge in [0, 0.05) is 17.1 Å². The molecule has 2 aliphatic carbocycles. The van der Waals surface area contributed by atoms with Crippen LogP contribution in [0.3, 0.4) is 0 Å². The molecule has 0 aromatic heterocycles. The SMILES string of the molecule is CC(C)(C)c1ccc(C2(c3ccccc3)c3ccccc3-c3ccc(N(c4ccccc4)c4ccc5c(c4)C(c4ccc(C(C)(C)C)cc4)(c4ccc(C(C)(C)C)cc4)c4ccccc4-5)cc32)cc1. The smallest absolute Gasteiger partial charge is 0.0714 e. The third-order valence-corrected chi connectivity index (χ3v) is 15.3. The summed E-state index contributed by atoms with van der Waals surface area (Å²) in [6.07, 6.45) is 0. The van der Waals surface area contributed by atoms with Crippen molar-refractivity contribution < 1.29 is 0 Å². The Labute approximate surface area is 411 Å². The molecule has 9 aromatic carbocycles. The molecule has 0 radical (unpaired) electrons. The summed E-state index contributed by atoms with van der Waals surface area (Å²) in [7, 11) is 0. The summed E-state index contributed by atoms with van der Waals surface area (Å²) in [6, 6.07) is 83.4. The minimum atomic E-state index is -0.571. The van der Waals surface area contributed by atoms with Crippen molar-refractivity contribution in [2.24, 2.45) is 0 Å². The summed E-state index contributed by atoms with van der Waals surface area (Å²) >= 11 is 0. The molecule has 0 amide bonds. The third-order valence-electron chi connectivity index (χ3n) is 15.3. The highest BCUT2D eigenvalue weighted by atomic mass is 15.1. The summed E-state index contributed by atoms with van der Waals surface area (Å²) in [4.78, 5) is 2.49. The van der Waals surface area contributed by atoms with Crippen LogP contribution in [-0.4, -0.2) is 0 Å². The first-order chi connectivity index (χ1) is 33.1. The molecule has 1 nitrogen and oxygen atoms in total. The summed E-state index contributed by atoms with van der Waals surface area (Å²) < 4.78 is 0. The van der Waals surface area contributed by atoms with Crippen LogP contribution in [0.15, 0.2) is 218 Å². The number of benzene rings is 9. The van der Waals surface area contributed by atoms with Gasteiger partial charge in [-0.25, -0.2) is 0 Å². The topological polar surface area (TPSA) is 3.24 Å². The molecular formula is C68H63N. The van der Waals surface area contributed by atoms with Gasteiger partial charge in [0.05, 0.1) is 10.8 Å². The van der Waals surface area contributed by atoms with Gasteiger partial charge in [-0.1, -0.05) is 244 Å². The predicted octanol–water partition coefficient (Wildman–Crippen LogP) is 17.8. The first-order valence-corrected chi connectivity index (χ1v) is 24.8. The van der Waals surface area contributed by atoms with Crippen molar-refractivity contribution in [1.82, 2.24) is 0 Å². The Balaban J connectivity index is 1.17. The monoisotopic (exact) mass is 893 g/mol. The molecule has 0 saturated heterocycles. The molecule has 69 heavy (non-hydrogen) atoms. The molecule has 0 saturated carbocycles. The van der Waals surface area contributed by atoms with Crippen LogP contribution in [0, 0.1) is 0 Å². The van der Waals surface area contributed by atoms with Crippen molar-refractivity contribution >= 4 is 17.1 Å². The molecule has 0 fully saturated rings. The lowest BCUT2D eigenvalue weighted by molar-refractivity contribution is 0.588. The van der Waals surface area contributed by atoms with Crippen LogP contribution in [0.25, 0.3) is 22.3 Å². The fraction of sp³-hybridized carbons (Fsp3) is 0.206. The normalized spacial score (nSPS) is 15.8. The first-order valence-electron chi connectivity index (χ1n) is 24.8. The molecular weight excluding hydrogens is 831 g/mol. The third kappa shape index (κ3) is 7.03. The molecule has 1 unspecified atom stereocenters. The Morgan fingerprint density at radius 3 is 0.928 bits per heavy atom. The molecule has 0 heterocycles. The second-order valence-electron chi connectivity index (χ2n) is 22.6. The maximum absolute atomic E-state index is 2.51. The molecule has 9 aromatic rings. The standard InChI is InChI=1S/C68H63N/c1-64(2,3)46-28-34-50(35-29-46)67(49-20-12-10-13-21-49)60-26-18-16-24-56(60)58-42-40-54(44-62(58)67)69(53-22-14-11-15-23-53)55-41-43-59-57-25-17-19-27-61(57)68(63(59)45-55,51-36-30-47(31-37-51)65(4,5)6)52-38-32-48(33-39-52)66(7,8)9/h10-45H,1-9H3. The maximum atomic E-state index is 2.51. The zero-order valence-corrected chi connectivity index (χ0v) is 41.7. The van der Waals surface area contributed by atoms with Crippen LogP contribution in [0.4, 0.5) is 17.1 Å². The fourth-order valence-electron chi connectivity index (χ4n) is 11.8. The zero-order chi connectivity index (χ0) is 47.9. The Hall–Kier alpha value is -7.22. The summed E-state index contributed by atoms with van der Waals surface area (Å²) in [6.45, 7) is 20.7. The van der Waals surface area contributed by atoms with Gasteiger partial charge in [-0.2, -0.15) is 0 Å². The molecule has 2 aliphatic rings. The fourth-order valence-corrected chi connectivity index (χ4v) is 11.8. The van der Waals surface area contributed by atoms with Crippen molar-refractivity contribution in [1.29, 1.82) is 0 Å². The van der Waals surface area contributed by atoms with Crippen LogP contribution in [-0.2, 0) is 27.1 Å². The number of hydrogen-bond acceptors (Lipinski definition) is 1. The Morgan fingerprint density at radius 2 is 0.565 bits per heavy atom. The molecule has 0 bridgehead atoms. The van der Waals surface area contributed by atoms with E-state index in [1.165, 1.54) is 83.5 Å². The molecule has 0 spiro atoms. The van der Waals surface area contributed by atoms with Crippen molar-refractivity contribution in [2.75, 3.05) is 4.90 Å². The summed E-state index contributed by atoms with van der Waals surface area (Å²) in [5.41, 5.74) is 21.7. The number of rotatable bonds is 7. The van der Waals surface area contributed by atoms with E-state index in [0.717, 1.165) is 17.1 Å². The van der Waals surface area contributed by atoms with Crippen LogP contribution in [0.2, 0.25) is 0 Å². The quantitative estimate of drug-likeness (QED) is 0.154. The van der Waals surface area contributed by atoms with Crippen molar-refractivity contribution in [3.05, 3.63) is 280 Å². The maximum Gasteiger partial charge on any atom is 0.0714 e. The van der Waals surface area contributed by atoms with Crippen molar-refractivity contribution in [2.45, 2.75) is 89.4 Å². The van der Waals surface area contributed by atoms with E-state index in [2.05, 4.69) is 286 Å². The van der Waals surface area contributed by atoms with Crippen LogP contribution < -0.4 is 4.90 Å². The molecule has 340 valence electrons. The van der Waals surface area contributed by atoms with Crippen molar-refractivity contribution in [3.8, 4) is 22.3 Å². The average Bonchev–Trinajstić information content (AvgIpc) is 3.82. The largest absolute Gasteiger partial charge is 0.310 e. The van der Waals surface area contributed by atoms with Gasteiger partial charge in [0.1, 0.15) is 0 Å². The van der Waals surface area contributed by atoms with Crippen LogP contribution in [0.1, 0.15) is 124 Å². The number of para-hydroxylation sites is 1. The van der Waals surface area contributed by atoms with Crippen LogP contribution >= 0.6 is 0 Å². The Bertz CT molecular complexity index is 3280. The lowest BCUT2D eigenvalue weighted by Crippen LogP contribution is -2.29. The minimum Gasteiger partial charge on any atom is -0.310 e. The van der Waals surface area contributed by atoms with E-state index in [0.29, 0.717) is 0 Å². The lowest BCUT2D eigenvalue weighted by Gasteiger charge is -2.36. The van der Waals surface area contributed by atoms with E-state index in [-0.39, 0.29) is 16.2 Å². The van der Waals surface area contributed by atoms with Gasteiger partial charge in [-0.3, -0.25) is 0 Å². The number of nitrogens with zero attached hydrogens (tertiary/aromatic N) is 1. The number of fused-ring (bicyclic) bond motifs is 6. The first kappa shape index (κ1) is 44.3. The Kier molecular flexibility index (Phi) is 10.4. The summed E-state index contributed by atoms with van der Waals surface area (Å²) in [5.74, 6) is 0. The summed E-state index contributed by atoms with van der Waals surface area (Å²) in [5, 5.41) is 0. The molecule has 11 rings (SSSR count). The molecule has 0 N–H and O–H groups in total. The van der Waals surface area contributed by atoms with Gasteiger partial charge in [-0.05, 0) is 136 Å². The zero-order valence-electron chi connectivity index (χ0n) is 41.7. The highest BCUT2D eigenvalue weighted by Gasteiger charge is 2.48. The molecule has 0 aliphatic heterocycles. The molecule has 1 heteroatoms. The highest BCUT2D eigenvalue weighted by molar-refractivity contribution is 5.92. The van der Waals surface area contributed by atoms with Gasteiger partial charge in [0.2, 0.25) is 0 Å². The second-order valence-corrected chi connectivity index (χ2v) is 22.6. The van der Waals surface area contributed by atoms with E-state index in [4.69, 9.17) is 0 Å². The average molecular weight is 894 g/mol. The van der Waals surface area contributed by atoms with E-state index >= 15 is 0 Å². The van der Waals surface area contributed by atoms with Gasteiger partial charge in [0.25, 0.3) is 0 Å². The highest BCUT2D eigenvalue weighted by Crippen LogP contribution is 2.60. The minimum absolute atomic E-state index is 0.0279. The van der Waals surface area contributed by atoms with Gasteiger partial charge >= 0.3 is 0 Å². The van der Waals surface area contributed by atoms with E-state index in [1.54, 1.807) is 0 Å². The van der Waals surface area contributed by atoms with Gasteiger partial charge < -0.3 is 4.90 Å². The Morgan fingerprint density at radius 1 is 0.261 bits per heavy atom. The predicted molar refractivity (Wildman–Crippen MR) is 292 cm³/mol. The lowest BCUT2D eigenvalue weighted by atomic mass is 9.66. The van der Waals surface area contributed by atoms with Gasteiger partial charge in [0.15, 0.2) is 0 Å². The number of anilines is 3. The van der Waals surface area contributed by atoms with Gasteiger partial charge in [-0.15, -0.1) is 0 Å².